The number of halogens is 2. The molecule has 5 heteroatoms. The summed E-state index contributed by atoms with van der Waals surface area (Å²) >= 11 is 3.36. The molecule has 0 aromatic heterocycles. The van der Waals surface area contributed by atoms with E-state index in [9.17, 15) is 9.18 Å². The molecule has 0 fully saturated rings. The summed E-state index contributed by atoms with van der Waals surface area (Å²) in [6.07, 6.45) is 2.03. The average Bonchev–Trinajstić information content (AvgIpc) is 2.39. The number of hydrogen-bond donors (Lipinski definition) is 2. The first kappa shape index (κ1) is 16.1. The topological polar surface area (TPSA) is 41.1 Å². The smallest absolute Gasteiger partial charge is 0.236 e. The molecule has 0 spiro atoms. The molecule has 106 valence electrons. The molecule has 0 aliphatic rings. The third kappa shape index (κ3) is 5.70. The Balaban J connectivity index is 2.42. The van der Waals surface area contributed by atoms with Gasteiger partial charge in [-0.05, 0) is 37.1 Å². The van der Waals surface area contributed by atoms with E-state index in [0.29, 0.717) is 13.1 Å². The molecule has 3 nitrogen and oxygen atoms in total. The predicted molar refractivity (Wildman–Crippen MR) is 78.3 cm³/mol. The van der Waals surface area contributed by atoms with Crippen molar-refractivity contribution in [2.75, 3.05) is 6.54 Å². The Labute approximate surface area is 122 Å². The minimum atomic E-state index is -0.299. The minimum absolute atomic E-state index is 0.0269. The molecule has 1 atom stereocenters. The van der Waals surface area contributed by atoms with E-state index in [-0.39, 0.29) is 17.8 Å². The van der Waals surface area contributed by atoms with Gasteiger partial charge in [0, 0.05) is 17.6 Å². The highest BCUT2D eigenvalue weighted by atomic mass is 79.9. The summed E-state index contributed by atoms with van der Waals surface area (Å²) in [6, 6.07) is 4.22. The van der Waals surface area contributed by atoms with Crippen LogP contribution in [0.2, 0.25) is 0 Å². The van der Waals surface area contributed by atoms with Crippen molar-refractivity contribution < 1.29 is 9.18 Å². The maximum atomic E-state index is 13.1. The molecule has 1 aromatic carbocycles. The fraction of sp³-hybridized carbons (Fsp3) is 0.500. The first-order chi connectivity index (χ1) is 9.04. The number of unbranched alkanes of at least 4 members (excludes halogenated alkanes) is 1. The molecule has 1 unspecified atom stereocenters. The number of carbonyl (C=O) groups is 1. The highest BCUT2D eigenvalue weighted by molar-refractivity contribution is 9.10. The average molecular weight is 331 g/mol. The molecule has 2 N–H and O–H groups in total. The first-order valence-corrected chi connectivity index (χ1v) is 7.29. The van der Waals surface area contributed by atoms with Crippen LogP contribution in [0.5, 0.6) is 0 Å². The molecule has 1 amide bonds. The van der Waals surface area contributed by atoms with Gasteiger partial charge in [0.1, 0.15) is 5.82 Å². The number of nitrogens with one attached hydrogen (secondary N) is 2. The summed E-state index contributed by atoms with van der Waals surface area (Å²) in [6.45, 7) is 5.02. The van der Waals surface area contributed by atoms with Crippen molar-refractivity contribution in [1.29, 1.82) is 0 Å². The second-order valence-electron chi connectivity index (χ2n) is 4.48. The summed E-state index contributed by atoms with van der Waals surface area (Å²) in [5.41, 5.74) is 0.799. The van der Waals surface area contributed by atoms with Crippen LogP contribution in [0, 0.1) is 5.82 Å². The van der Waals surface area contributed by atoms with Crippen LogP contribution in [-0.2, 0) is 11.3 Å². The van der Waals surface area contributed by atoms with Crippen LogP contribution in [-0.4, -0.2) is 18.5 Å². The molecule has 1 rings (SSSR count). The van der Waals surface area contributed by atoms with E-state index >= 15 is 0 Å². The van der Waals surface area contributed by atoms with Crippen LogP contribution >= 0.6 is 15.9 Å². The number of carbonyl (C=O) groups excluding carboxylic acids is 1. The van der Waals surface area contributed by atoms with E-state index in [0.717, 1.165) is 22.9 Å². The van der Waals surface area contributed by atoms with Gasteiger partial charge in [-0.2, -0.15) is 0 Å². The lowest BCUT2D eigenvalue weighted by molar-refractivity contribution is -0.122. The van der Waals surface area contributed by atoms with Crippen LogP contribution in [0.15, 0.2) is 22.7 Å². The van der Waals surface area contributed by atoms with Gasteiger partial charge in [0.25, 0.3) is 0 Å². The van der Waals surface area contributed by atoms with Crippen molar-refractivity contribution in [3.63, 3.8) is 0 Å². The predicted octanol–water partition coefficient (Wildman–Crippen LogP) is 2.98. The number of rotatable bonds is 7. The molecule has 19 heavy (non-hydrogen) atoms. The Bertz CT molecular complexity index is 426. The highest BCUT2D eigenvalue weighted by Crippen LogP contribution is 2.17. The normalized spacial score (nSPS) is 12.2. The first-order valence-electron chi connectivity index (χ1n) is 6.49. The van der Waals surface area contributed by atoms with Crippen molar-refractivity contribution in [3.05, 3.63) is 34.1 Å². The molecule has 0 heterocycles. The van der Waals surface area contributed by atoms with Gasteiger partial charge in [0.05, 0.1) is 6.04 Å². The van der Waals surface area contributed by atoms with Crippen LogP contribution in [0.4, 0.5) is 4.39 Å². The lowest BCUT2D eigenvalue weighted by atomic mass is 10.2. The number of amides is 1. The highest BCUT2D eigenvalue weighted by Gasteiger charge is 2.12. The second-order valence-corrected chi connectivity index (χ2v) is 5.34. The molecule has 0 radical (unpaired) electrons. The standard InChI is InChI=1S/C14H20BrFN2O/c1-3-4-7-17-14(19)10(2)18-9-11-8-12(16)5-6-13(11)15/h5-6,8,10,18H,3-4,7,9H2,1-2H3,(H,17,19). The molecular weight excluding hydrogens is 311 g/mol. The second kappa shape index (κ2) is 8.27. The van der Waals surface area contributed by atoms with Gasteiger partial charge in [0.2, 0.25) is 5.91 Å². The van der Waals surface area contributed by atoms with Gasteiger partial charge in [-0.1, -0.05) is 29.3 Å². The monoisotopic (exact) mass is 330 g/mol. The summed E-state index contributed by atoms with van der Waals surface area (Å²) in [4.78, 5) is 11.7. The van der Waals surface area contributed by atoms with E-state index < -0.39 is 0 Å². The van der Waals surface area contributed by atoms with Crippen LogP contribution < -0.4 is 10.6 Å². The molecule has 0 aliphatic heterocycles. The summed E-state index contributed by atoms with van der Waals surface area (Å²) in [5, 5.41) is 5.94. The van der Waals surface area contributed by atoms with Crippen LogP contribution in [0.3, 0.4) is 0 Å². The van der Waals surface area contributed by atoms with E-state index in [4.69, 9.17) is 0 Å². The largest absolute Gasteiger partial charge is 0.355 e. The zero-order chi connectivity index (χ0) is 14.3. The Kier molecular flexibility index (Phi) is 7.02. The SMILES string of the molecule is CCCCNC(=O)C(C)NCc1cc(F)ccc1Br. The lowest BCUT2D eigenvalue weighted by Gasteiger charge is -2.14. The van der Waals surface area contributed by atoms with Gasteiger partial charge in [-0.25, -0.2) is 4.39 Å². The van der Waals surface area contributed by atoms with Crippen LogP contribution in [0.1, 0.15) is 32.3 Å². The number of hydrogen-bond acceptors (Lipinski definition) is 2. The third-order valence-corrected chi connectivity index (χ3v) is 3.60. The Hall–Kier alpha value is -0.940. The van der Waals surface area contributed by atoms with Gasteiger partial charge >= 0.3 is 0 Å². The van der Waals surface area contributed by atoms with Gasteiger partial charge in [-0.3, -0.25) is 4.79 Å². The van der Waals surface area contributed by atoms with Crippen molar-refractivity contribution in [1.82, 2.24) is 10.6 Å². The van der Waals surface area contributed by atoms with Crippen molar-refractivity contribution in [2.45, 2.75) is 39.3 Å². The van der Waals surface area contributed by atoms with Gasteiger partial charge < -0.3 is 10.6 Å². The lowest BCUT2D eigenvalue weighted by Crippen LogP contribution is -2.42. The maximum Gasteiger partial charge on any atom is 0.236 e. The number of benzene rings is 1. The maximum absolute atomic E-state index is 13.1. The van der Waals surface area contributed by atoms with E-state index in [2.05, 4.69) is 33.5 Å². The summed E-state index contributed by atoms with van der Waals surface area (Å²) in [5.74, 6) is -0.305. The van der Waals surface area contributed by atoms with E-state index in [1.165, 1.54) is 12.1 Å². The minimum Gasteiger partial charge on any atom is -0.355 e. The van der Waals surface area contributed by atoms with E-state index in [1.807, 2.05) is 0 Å². The molecule has 1 aromatic rings. The zero-order valence-corrected chi connectivity index (χ0v) is 12.9. The molecule has 0 saturated heterocycles. The van der Waals surface area contributed by atoms with Gasteiger partial charge in [0.15, 0.2) is 0 Å². The van der Waals surface area contributed by atoms with E-state index in [1.54, 1.807) is 13.0 Å². The van der Waals surface area contributed by atoms with Crippen molar-refractivity contribution in [3.8, 4) is 0 Å². The fourth-order valence-electron chi connectivity index (χ4n) is 1.58. The van der Waals surface area contributed by atoms with Crippen molar-refractivity contribution >= 4 is 21.8 Å². The molecule has 0 bridgehead atoms. The molecular formula is C14H20BrFN2O. The van der Waals surface area contributed by atoms with Crippen LogP contribution in [0.25, 0.3) is 0 Å². The third-order valence-electron chi connectivity index (χ3n) is 2.83. The summed E-state index contributed by atoms with van der Waals surface area (Å²) in [7, 11) is 0. The Morgan fingerprint density at radius 1 is 1.47 bits per heavy atom. The Morgan fingerprint density at radius 2 is 2.21 bits per heavy atom. The molecule has 0 saturated carbocycles. The fourth-order valence-corrected chi connectivity index (χ4v) is 1.96. The molecule has 0 aliphatic carbocycles. The Morgan fingerprint density at radius 3 is 2.89 bits per heavy atom. The quantitative estimate of drug-likeness (QED) is 0.754. The van der Waals surface area contributed by atoms with Crippen molar-refractivity contribution in [2.24, 2.45) is 0 Å². The zero-order valence-electron chi connectivity index (χ0n) is 11.3. The summed E-state index contributed by atoms with van der Waals surface area (Å²) < 4.78 is 13.9. The van der Waals surface area contributed by atoms with Gasteiger partial charge in [-0.15, -0.1) is 0 Å².